The van der Waals surface area contributed by atoms with Crippen LogP contribution >= 0.6 is 11.6 Å². The number of sulfonamides is 1. The molecule has 1 unspecified atom stereocenters. The predicted octanol–water partition coefficient (Wildman–Crippen LogP) is 0.640. The van der Waals surface area contributed by atoms with Crippen LogP contribution in [0.1, 0.15) is 12.1 Å². The number of aromatic amines is 1. The van der Waals surface area contributed by atoms with Gasteiger partial charge in [-0.2, -0.15) is 5.10 Å². The highest BCUT2D eigenvalue weighted by atomic mass is 35.5. The largest absolute Gasteiger partial charge is 0.383 e. The molecule has 1 heterocycles. The van der Waals surface area contributed by atoms with Gasteiger partial charge < -0.3 is 4.74 Å². The Kier molecular flexibility index (Phi) is 5.38. The fourth-order valence-corrected chi connectivity index (χ4v) is 2.72. The Morgan fingerprint density at radius 3 is 2.88 bits per heavy atom. The summed E-state index contributed by atoms with van der Waals surface area (Å²) in [4.78, 5) is 0.162. The molecule has 1 aromatic heterocycles. The molecule has 0 saturated heterocycles. The molecule has 0 bridgehead atoms. The first-order chi connectivity index (χ1) is 7.97. The summed E-state index contributed by atoms with van der Waals surface area (Å²) in [5, 5.41) is 6.05. The van der Waals surface area contributed by atoms with Crippen molar-refractivity contribution in [2.45, 2.75) is 23.6 Å². The lowest BCUT2D eigenvalue weighted by Gasteiger charge is -2.09. The number of aryl methyl sites for hydroxylation is 1. The molecule has 1 aromatic rings. The van der Waals surface area contributed by atoms with Crippen molar-refractivity contribution in [2.24, 2.45) is 0 Å². The van der Waals surface area contributed by atoms with E-state index in [0.717, 1.165) is 0 Å². The number of aromatic nitrogens is 2. The first-order valence-electron chi connectivity index (χ1n) is 5.10. The third kappa shape index (κ3) is 4.27. The quantitative estimate of drug-likeness (QED) is 0.719. The van der Waals surface area contributed by atoms with E-state index in [1.54, 1.807) is 14.0 Å². The van der Waals surface area contributed by atoms with Gasteiger partial charge >= 0.3 is 0 Å². The van der Waals surface area contributed by atoms with Gasteiger partial charge in [0.2, 0.25) is 10.0 Å². The minimum atomic E-state index is -3.50. The van der Waals surface area contributed by atoms with Gasteiger partial charge in [-0.3, -0.25) is 5.10 Å². The van der Waals surface area contributed by atoms with Gasteiger partial charge in [0.05, 0.1) is 23.9 Å². The molecule has 0 radical (unpaired) electrons. The van der Waals surface area contributed by atoms with Gasteiger partial charge in [-0.05, 0) is 13.3 Å². The maximum absolute atomic E-state index is 11.8. The fourth-order valence-electron chi connectivity index (χ4n) is 1.30. The molecule has 17 heavy (non-hydrogen) atoms. The van der Waals surface area contributed by atoms with E-state index in [1.807, 2.05) is 0 Å². The average molecular weight is 282 g/mol. The molecule has 6 nitrogen and oxygen atoms in total. The van der Waals surface area contributed by atoms with Crippen LogP contribution in [-0.4, -0.2) is 44.3 Å². The summed E-state index contributed by atoms with van der Waals surface area (Å²) in [6.07, 6.45) is 1.79. The number of hydrogen-bond acceptors (Lipinski definition) is 4. The fraction of sp³-hybridized carbons (Fsp3) is 0.667. The second-order valence-electron chi connectivity index (χ2n) is 3.60. The van der Waals surface area contributed by atoms with E-state index in [1.165, 1.54) is 6.20 Å². The highest BCUT2D eigenvalue weighted by molar-refractivity contribution is 7.89. The van der Waals surface area contributed by atoms with Gasteiger partial charge in [0, 0.05) is 13.7 Å². The molecular weight excluding hydrogens is 266 g/mol. The second kappa shape index (κ2) is 6.34. The molecule has 1 atom stereocenters. The first-order valence-corrected chi connectivity index (χ1v) is 7.02. The number of methoxy groups -OCH3 is 1. The number of ether oxygens (including phenoxy) is 1. The van der Waals surface area contributed by atoms with Crippen molar-refractivity contribution in [3.05, 3.63) is 11.9 Å². The topological polar surface area (TPSA) is 84.1 Å². The summed E-state index contributed by atoms with van der Waals surface area (Å²) in [5.41, 5.74) is 0.511. The lowest BCUT2D eigenvalue weighted by atomic mass is 10.3. The van der Waals surface area contributed by atoms with E-state index in [2.05, 4.69) is 14.9 Å². The molecule has 0 aliphatic heterocycles. The molecule has 0 amide bonds. The highest BCUT2D eigenvalue weighted by Gasteiger charge is 2.18. The van der Waals surface area contributed by atoms with Crippen LogP contribution in [0.25, 0.3) is 0 Å². The van der Waals surface area contributed by atoms with Crippen LogP contribution in [0.3, 0.4) is 0 Å². The van der Waals surface area contributed by atoms with Crippen molar-refractivity contribution < 1.29 is 13.2 Å². The van der Waals surface area contributed by atoms with Crippen molar-refractivity contribution in [1.82, 2.24) is 14.9 Å². The van der Waals surface area contributed by atoms with E-state index < -0.39 is 10.0 Å². The molecule has 0 saturated carbocycles. The first kappa shape index (κ1) is 14.4. The lowest BCUT2D eigenvalue weighted by molar-refractivity contribution is 0.196. The molecule has 0 spiro atoms. The van der Waals surface area contributed by atoms with Crippen LogP contribution in [0, 0.1) is 6.92 Å². The average Bonchev–Trinajstić information content (AvgIpc) is 2.65. The Hall–Kier alpha value is -0.630. The van der Waals surface area contributed by atoms with E-state index in [9.17, 15) is 8.42 Å². The third-order valence-corrected chi connectivity index (χ3v) is 4.09. The summed E-state index contributed by atoms with van der Waals surface area (Å²) >= 11 is 5.89. The summed E-state index contributed by atoms with van der Waals surface area (Å²) in [7, 11) is -1.95. The molecule has 0 aliphatic carbocycles. The molecule has 1 rings (SSSR count). The normalized spacial score (nSPS) is 13.8. The van der Waals surface area contributed by atoms with Crippen molar-refractivity contribution in [3.8, 4) is 0 Å². The summed E-state index contributed by atoms with van der Waals surface area (Å²) in [5.74, 6) is 0. The van der Waals surface area contributed by atoms with E-state index >= 15 is 0 Å². The standard InChI is InChI=1S/C9H16ClN3O3S/c1-7-9(5-11-13-7)17(14,15)12-4-3-8(10)6-16-2/h5,8,12H,3-4,6H2,1-2H3,(H,11,13). The number of halogens is 1. The number of nitrogens with one attached hydrogen (secondary N) is 2. The van der Waals surface area contributed by atoms with Crippen molar-refractivity contribution in [1.29, 1.82) is 0 Å². The van der Waals surface area contributed by atoms with Crippen LogP contribution in [0.5, 0.6) is 0 Å². The van der Waals surface area contributed by atoms with Gasteiger partial charge in [0.25, 0.3) is 0 Å². The number of H-pyrrole nitrogens is 1. The Balaban J connectivity index is 2.49. The predicted molar refractivity (Wildman–Crippen MR) is 64.6 cm³/mol. The number of hydrogen-bond donors (Lipinski definition) is 2. The van der Waals surface area contributed by atoms with Crippen LogP contribution in [0.15, 0.2) is 11.1 Å². The van der Waals surface area contributed by atoms with E-state index in [4.69, 9.17) is 16.3 Å². The second-order valence-corrected chi connectivity index (χ2v) is 5.95. The third-order valence-electron chi connectivity index (χ3n) is 2.17. The van der Waals surface area contributed by atoms with Crippen LogP contribution < -0.4 is 4.72 Å². The van der Waals surface area contributed by atoms with E-state index in [0.29, 0.717) is 18.7 Å². The number of nitrogens with zero attached hydrogens (tertiary/aromatic N) is 1. The van der Waals surface area contributed by atoms with Crippen LogP contribution in [0.2, 0.25) is 0 Å². The molecule has 0 aliphatic rings. The van der Waals surface area contributed by atoms with Crippen molar-refractivity contribution in [2.75, 3.05) is 20.3 Å². The minimum absolute atomic E-state index is 0.162. The molecule has 98 valence electrons. The van der Waals surface area contributed by atoms with Gasteiger partial charge in [-0.15, -0.1) is 11.6 Å². The van der Waals surface area contributed by atoms with Gasteiger partial charge in [0.15, 0.2) is 0 Å². The van der Waals surface area contributed by atoms with Gasteiger partial charge in [-0.25, -0.2) is 13.1 Å². The zero-order valence-electron chi connectivity index (χ0n) is 9.73. The molecule has 0 aromatic carbocycles. The highest BCUT2D eigenvalue weighted by Crippen LogP contribution is 2.11. The zero-order chi connectivity index (χ0) is 12.9. The minimum Gasteiger partial charge on any atom is -0.383 e. The number of rotatable bonds is 7. The molecular formula is C9H16ClN3O3S. The summed E-state index contributed by atoms with van der Waals surface area (Å²) < 4.78 is 30.9. The van der Waals surface area contributed by atoms with Crippen LogP contribution in [-0.2, 0) is 14.8 Å². The Labute approximate surface area is 106 Å². The monoisotopic (exact) mass is 281 g/mol. The van der Waals surface area contributed by atoms with Gasteiger partial charge in [0.1, 0.15) is 4.90 Å². The van der Waals surface area contributed by atoms with Crippen LogP contribution in [0.4, 0.5) is 0 Å². The number of alkyl halides is 1. The summed E-state index contributed by atoms with van der Waals surface area (Å²) in [6, 6.07) is 0. The Bertz CT molecular complexity index is 446. The zero-order valence-corrected chi connectivity index (χ0v) is 11.3. The Morgan fingerprint density at radius 2 is 2.35 bits per heavy atom. The summed E-state index contributed by atoms with van der Waals surface area (Å²) in [6.45, 7) is 2.31. The van der Waals surface area contributed by atoms with E-state index in [-0.39, 0.29) is 16.8 Å². The SMILES string of the molecule is COCC(Cl)CCNS(=O)(=O)c1cn[nH]c1C. The van der Waals surface area contributed by atoms with Crippen molar-refractivity contribution >= 4 is 21.6 Å². The maximum atomic E-state index is 11.8. The lowest BCUT2D eigenvalue weighted by Crippen LogP contribution is -2.27. The van der Waals surface area contributed by atoms with Crippen molar-refractivity contribution in [3.63, 3.8) is 0 Å². The maximum Gasteiger partial charge on any atom is 0.243 e. The molecule has 2 N–H and O–H groups in total. The molecule has 8 heteroatoms. The smallest absolute Gasteiger partial charge is 0.243 e. The molecule has 0 fully saturated rings. The Morgan fingerprint density at radius 1 is 1.65 bits per heavy atom. The van der Waals surface area contributed by atoms with Gasteiger partial charge in [-0.1, -0.05) is 0 Å².